The van der Waals surface area contributed by atoms with Gasteiger partial charge in [-0.2, -0.15) is 0 Å². The predicted molar refractivity (Wildman–Crippen MR) is 67.8 cm³/mol. The number of carbonyl (C=O) groups is 1. The molecule has 0 bridgehead atoms. The van der Waals surface area contributed by atoms with Gasteiger partial charge in [0, 0.05) is 12.1 Å². The summed E-state index contributed by atoms with van der Waals surface area (Å²) in [6.07, 6.45) is 1.63. The second-order valence-corrected chi connectivity index (χ2v) is 4.34. The van der Waals surface area contributed by atoms with Crippen LogP contribution in [-0.2, 0) is 4.79 Å². The number of aliphatic hydroxyl groups excluding tert-OH is 1. The lowest BCUT2D eigenvalue weighted by molar-refractivity contribution is -0.113. The lowest BCUT2D eigenvalue weighted by Gasteiger charge is -2.09. The molecule has 0 saturated carbocycles. The van der Waals surface area contributed by atoms with E-state index in [0.717, 1.165) is 5.56 Å². The number of aryl methyl sites for hydroxylation is 1. The fourth-order valence-corrected chi connectivity index (χ4v) is 1.36. The van der Waals surface area contributed by atoms with Crippen LogP contribution in [0.3, 0.4) is 0 Å². The minimum absolute atomic E-state index is 0.0637. The number of nitrogens with one attached hydrogen (secondary N) is 1. The van der Waals surface area contributed by atoms with Crippen molar-refractivity contribution in [3.63, 3.8) is 0 Å². The number of allylic oxidation sites excluding steroid dienone is 1. The molecule has 0 aliphatic rings. The summed E-state index contributed by atoms with van der Waals surface area (Å²) in [6, 6.07) is 3.63. The van der Waals surface area contributed by atoms with E-state index in [9.17, 15) is 9.90 Å². The Hall–Kier alpha value is -1.84. The van der Waals surface area contributed by atoms with Crippen LogP contribution in [0.15, 0.2) is 29.7 Å². The van der Waals surface area contributed by atoms with Gasteiger partial charge in [-0.3, -0.25) is 4.79 Å². The van der Waals surface area contributed by atoms with E-state index in [1.54, 1.807) is 19.2 Å². The number of nitrogens with zero attached hydrogens (tertiary/aromatic N) is 1. The van der Waals surface area contributed by atoms with Gasteiger partial charge in [0.2, 0.25) is 0 Å². The second-order valence-electron chi connectivity index (χ2n) is 4.34. The monoisotopic (exact) mass is 234 g/mol. The van der Waals surface area contributed by atoms with Gasteiger partial charge in [-0.05, 0) is 31.5 Å². The normalized spacial score (nSPS) is 12.3. The standard InChI is InChI=1S/C13H18N2O2/c1-8(2)12(16)10(4)13(17)15-11-7-9(3)5-6-14-11/h5-8,16H,1-4H3,(H,14,15,17). The van der Waals surface area contributed by atoms with E-state index in [0.29, 0.717) is 11.4 Å². The van der Waals surface area contributed by atoms with Crippen LogP contribution in [0, 0.1) is 12.8 Å². The van der Waals surface area contributed by atoms with Gasteiger partial charge in [0.1, 0.15) is 11.6 Å². The molecule has 1 amide bonds. The summed E-state index contributed by atoms with van der Waals surface area (Å²) in [5, 5.41) is 12.3. The zero-order valence-corrected chi connectivity index (χ0v) is 10.6. The molecule has 1 rings (SSSR count). The number of aliphatic hydroxyl groups is 1. The van der Waals surface area contributed by atoms with Crippen molar-refractivity contribution in [3.05, 3.63) is 35.2 Å². The number of anilines is 1. The Morgan fingerprint density at radius 3 is 2.65 bits per heavy atom. The number of hydrogen-bond acceptors (Lipinski definition) is 3. The number of hydrogen-bond donors (Lipinski definition) is 2. The molecule has 0 atom stereocenters. The molecule has 0 aliphatic carbocycles. The van der Waals surface area contributed by atoms with Crippen molar-refractivity contribution >= 4 is 11.7 Å². The maximum atomic E-state index is 11.8. The van der Waals surface area contributed by atoms with E-state index in [1.807, 2.05) is 26.8 Å². The lowest BCUT2D eigenvalue weighted by Crippen LogP contribution is -2.16. The molecule has 17 heavy (non-hydrogen) atoms. The first kappa shape index (κ1) is 13.2. The largest absolute Gasteiger partial charge is 0.512 e. The van der Waals surface area contributed by atoms with Crippen molar-refractivity contribution in [1.29, 1.82) is 0 Å². The van der Waals surface area contributed by atoms with Crippen molar-refractivity contribution in [3.8, 4) is 0 Å². The molecule has 0 aliphatic heterocycles. The van der Waals surface area contributed by atoms with Gasteiger partial charge in [0.25, 0.3) is 5.91 Å². The fourth-order valence-electron chi connectivity index (χ4n) is 1.36. The van der Waals surface area contributed by atoms with Gasteiger partial charge >= 0.3 is 0 Å². The van der Waals surface area contributed by atoms with Gasteiger partial charge in [-0.15, -0.1) is 0 Å². The Balaban J connectivity index is 2.83. The summed E-state index contributed by atoms with van der Waals surface area (Å²) in [5.41, 5.74) is 1.34. The average molecular weight is 234 g/mol. The Labute approximate surface area is 101 Å². The molecule has 1 heterocycles. The summed E-state index contributed by atoms with van der Waals surface area (Å²) >= 11 is 0. The van der Waals surface area contributed by atoms with Crippen LogP contribution < -0.4 is 5.32 Å². The molecule has 0 aromatic carbocycles. The minimum Gasteiger partial charge on any atom is -0.512 e. The summed E-state index contributed by atoms with van der Waals surface area (Å²) in [4.78, 5) is 15.8. The van der Waals surface area contributed by atoms with Crippen LogP contribution in [-0.4, -0.2) is 16.0 Å². The van der Waals surface area contributed by atoms with E-state index in [1.165, 1.54) is 0 Å². The molecule has 4 heteroatoms. The molecule has 0 fully saturated rings. The van der Waals surface area contributed by atoms with E-state index in [4.69, 9.17) is 0 Å². The number of amides is 1. The molecule has 4 nitrogen and oxygen atoms in total. The zero-order valence-electron chi connectivity index (χ0n) is 10.6. The van der Waals surface area contributed by atoms with E-state index in [2.05, 4.69) is 10.3 Å². The fraction of sp³-hybridized carbons (Fsp3) is 0.385. The molecule has 0 radical (unpaired) electrons. The van der Waals surface area contributed by atoms with Crippen LogP contribution in [0.25, 0.3) is 0 Å². The number of pyridine rings is 1. The predicted octanol–water partition coefficient (Wildman–Crippen LogP) is 2.82. The minimum atomic E-state index is -0.325. The van der Waals surface area contributed by atoms with Crippen molar-refractivity contribution in [1.82, 2.24) is 4.98 Å². The highest BCUT2D eigenvalue weighted by atomic mass is 16.3. The third-order valence-corrected chi connectivity index (χ3v) is 2.43. The van der Waals surface area contributed by atoms with Crippen LogP contribution in [0.5, 0.6) is 0 Å². The maximum absolute atomic E-state index is 11.8. The van der Waals surface area contributed by atoms with Crippen LogP contribution >= 0.6 is 0 Å². The van der Waals surface area contributed by atoms with Crippen molar-refractivity contribution in [2.45, 2.75) is 27.7 Å². The molecule has 0 unspecified atom stereocenters. The Morgan fingerprint density at radius 1 is 1.47 bits per heavy atom. The quantitative estimate of drug-likeness (QED) is 0.624. The van der Waals surface area contributed by atoms with Crippen molar-refractivity contribution in [2.75, 3.05) is 5.32 Å². The SMILES string of the molecule is CC(C(=O)Nc1cc(C)ccn1)=C(O)C(C)C. The number of carbonyl (C=O) groups excluding carboxylic acids is 1. The molecule has 92 valence electrons. The molecular weight excluding hydrogens is 216 g/mol. The van der Waals surface area contributed by atoms with Crippen molar-refractivity contribution in [2.24, 2.45) is 5.92 Å². The Morgan fingerprint density at radius 2 is 2.12 bits per heavy atom. The van der Waals surface area contributed by atoms with Gasteiger partial charge in [-0.1, -0.05) is 13.8 Å². The van der Waals surface area contributed by atoms with Crippen molar-refractivity contribution < 1.29 is 9.90 Å². The highest BCUT2D eigenvalue weighted by Gasteiger charge is 2.13. The van der Waals surface area contributed by atoms with E-state index < -0.39 is 0 Å². The maximum Gasteiger partial charge on any atom is 0.255 e. The number of rotatable bonds is 3. The Bertz CT molecular complexity index is 450. The Kier molecular flexibility index (Phi) is 4.26. The molecule has 0 spiro atoms. The summed E-state index contributed by atoms with van der Waals surface area (Å²) < 4.78 is 0. The lowest BCUT2D eigenvalue weighted by atomic mass is 10.1. The molecule has 0 saturated heterocycles. The third-order valence-electron chi connectivity index (χ3n) is 2.43. The van der Waals surface area contributed by atoms with Gasteiger partial charge in [-0.25, -0.2) is 4.98 Å². The molecule has 1 aromatic heterocycles. The average Bonchev–Trinajstić information content (AvgIpc) is 2.26. The first-order valence-corrected chi connectivity index (χ1v) is 5.55. The smallest absolute Gasteiger partial charge is 0.255 e. The van der Waals surface area contributed by atoms with Gasteiger partial charge in [0.05, 0.1) is 5.57 Å². The van der Waals surface area contributed by atoms with Crippen LogP contribution in [0.1, 0.15) is 26.3 Å². The number of aromatic nitrogens is 1. The molecule has 2 N–H and O–H groups in total. The first-order chi connectivity index (χ1) is 7.91. The van der Waals surface area contributed by atoms with E-state index in [-0.39, 0.29) is 17.6 Å². The van der Waals surface area contributed by atoms with Gasteiger partial charge < -0.3 is 10.4 Å². The molecule has 1 aromatic rings. The van der Waals surface area contributed by atoms with E-state index >= 15 is 0 Å². The van der Waals surface area contributed by atoms with Crippen LogP contribution in [0.2, 0.25) is 0 Å². The summed E-state index contributed by atoms with van der Waals surface area (Å²) in [7, 11) is 0. The first-order valence-electron chi connectivity index (χ1n) is 5.55. The highest BCUT2D eigenvalue weighted by molar-refractivity contribution is 6.03. The highest BCUT2D eigenvalue weighted by Crippen LogP contribution is 2.13. The third kappa shape index (κ3) is 3.59. The topological polar surface area (TPSA) is 62.2 Å². The summed E-state index contributed by atoms with van der Waals surface area (Å²) in [5.74, 6) is 0.210. The zero-order chi connectivity index (χ0) is 13.0. The van der Waals surface area contributed by atoms with Crippen LogP contribution in [0.4, 0.5) is 5.82 Å². The second kappa shape index (κ2) is 5.48. The molecular formula is C13H18N2O2. The van der Waals surface area contributed by atoms with Gasteiger partial charge in [0.15, 0.2) is 0 Å². The summed E-state index contributed by atoms with van der Waals surface area (Å²) in [6.45, 7) is 7.18.